The lowest BCUT2D eigenvalue weighted by Gasteiger charge is -2.13. The maximum atomic E-state index is 2.29. The molecule has 0 fully saturated rings. The summed E-state index contributed by atoms with van der Waals surface area (Å²) in [5.41, 5.74) is 0. The fourth-order valence-electron chi connectivity index (χ4n) is 1.12. The molecule has 0 amide bonds. The Morgan fingerprint density at radius 1 is 1.09 bits per heavy atom. The van der Waals surface area contributed by atoms with Gasteiger partial charge in [0.25, 0.3) is 0 Å². The van der Waals surface area contributed by atoms with Crippen molar-refractivity contribution in [2.75, 3.05) is 0 Å². The Kier molecular flexibility index (Phi) is 6.69. The van der Waals surface area contributed by atoms with E-state index >= 15 is 0 Å². The Morgan fingerprint density at radius 2 is 1.73 bits per heavy atom. The van der Waals surface area contributed by atoms with E-state index in [1.165, 1.54) is 32.1 Å². The highest BCUT2D eigenvalue weighted by atomic mass is 14.1. The fraction of sp³-hybridized carbons (Fsp3) is 0.909. The zero-order valence-corrected chi connectivity index (χ0v) is 8.61. The second-order valence-corrected chi connectivity index (χ2v) is 3.81. The molecule has 0 aromatic rings. The van der Waals surface area contributed by atoms with Gasteiger partial charge in [0.1, 0.15) is 0 Å². The molecule has 0 aromatic heterocycles. The monoisotopic (exact) mass is 155 g/mol. The highest BCUT2D eigenvalue weighted by molar-refractivity contribution is 4.86. The van der Waals surface area contributed by atoms with Crippen LogP contribution in [0.1, 0.15) is 59.8 Å². The van der Waals surface area contributed by atoms with Crippen molar-refractivity contribution in [2.24, 2.45) is 5.92 Å². The molecule has 67 valence electrons. The third-order valence-corrected chi connectivity index (χ3v) is 2.41. The van der Waals surface area contributed by atoms with Crippen LogP contribution in [0.5, 0.6) is 0 Å². The first-order valence-electron chi connectivity index (χ1n) is 5.00. The van der Waals surface area contributed by atoms with Gasteiger partial charge in [0, 0.05) is 0 Å². The average molecular weight is 155 g/mol. The minimum Gasteiger partial charge on any atom is -0.0654 e. The number of hydrogen-bond donors (Lipinski definition) is 0. The van der Waals surface area contributed by atoms with Crippen molar-refractivity contribution in [1.29, 1.82) is 0 Å². The summed E-state index contributed by atoms with van der Waals surface area (Å²) in [6.07, 6.45) is 6.92. The fourth-order valence-corrected chi connectivity index (χ4v) is 1.12. The Morgan fingerprint density at radius 3 is 2.18 bits per heavy atom. The molecule has 0 aliphatic carbocycles. The van der Waals surface area contributed by atoms with Crippen LogP contribution in [0.4, 0.5) is 0 Å². The summed E-state index contributed by atoms with van der Waals surface area (Å²) in [5, 5.41) is 0. The van der Waals surface area contributed by atoms with E-state index in [1.807, 2.05) is 0 Å². The zero-order valence-electron chi connectivity index (χ0n) is 8.61. The molecule has 0 aromatic carbocycles. The number of rotatable bonds is 6. The van der Waals surface area contributed by atoms with Crippen LogP contribution in [0.15, 0.2) is 0 Å². The molecule has 0 heterocycles. The van der Waals surface area contributed by atoms with Crippen LogP contribution >= 0.6 is 0 Å². The van der Waals surface area contributed by atoms with Crippen LogP contribution in [-0.2, 0) is 0 Å². The molecule has 0 bridgehead atoms. The minimum atomic E-state index is 0.789. The van der Waals surface area contributed by atoms with Gasteiger partial charge in [-0.05, 0) is 18.3 Å². The van der Waals surface area contributed by atoms with Crippen LogP contribution in [0.3, 0.4) is 0 Å². The molecule has 0 spiro atoms. The van der Waals surface area contributed by atoms with Crippen molar-refractivity contribution in [3.63, 3.8) is 0 Å². The molecule has 1 radical (unpaired) electrons. The molecule has 0 unspecified atom stereocenters. The van der Waals surface area contributed by atoms with E-state index in [2.05, 4.69) is 27.7 Å². The van der Waals surface area contributed by atoms with Gasteiger partial charge in [-0.25, -0.2) is 0 Å². The molecular formula is C11H23. The molecule has 0 N–H and O–H groups in total. The van der Waals surface area contributed by atoms with Gasteiger partial charge in [-0.1, -0.05) is 53.4 Å². The van der Waals surface area contributed by atoms with Gasteiger partial charge in [0.05, 0.1) is 0 Å². The van der Waals surface area contributed by atoms with Gasteiger partial charge in [-0.2, -0.15) is 0 Å². The smallest absolute Gasteiger partial charge is 0.0246 e. The lowest BCUT2D eigenvalue weighted by molar-refractivity contribution is 0.559. The molecule has 0 atom stereocenters. The predicted octanol–water partition coefficient (Wildman–Crippen LogP) is 4.21. The van der Waals surface area contributed by atoms with E-state index in [-0.39, 0.29) is 0 Å². The van der Waals surface area contributed by atoms with Crippen LogP contribution in [0.2, 0.25) is 0 Å². The minimum absolute atomic E-state index is 0.789. The van der Waals surface area contributed by atoms with E-state index in [0.717, 1.165) is 5.92 Å². The number of hydrogen-bond acceptors (Lipinski definition) is 0. The quantitative estimate of drug-likeness (QED) is 0.504. The second kappa shape index (κ2) is 6.69. The van der Waals surface area contributed by atoms with E-state index in [1.54, 1.807) is 5.92 Å². The summed E-state index contributed by atoms with van der Waals surface area (Å²) in [5.74, 6) is 2.46. The highest BCUT2D eigenvalue weighted by Crippen LogP contribution is 2.19. The normalized spacial score (nSPS) is 11.5. The molecule has 0 saturated heterocycles. The molecule has 0 rings (SSSR count). The highest BCUT2D eigenvalue weighted by Gasteiger charge is 2.05. The lowest BCUT2D eigenvalue weighted by Crippen LogP contribution is -2.00. The van der Waals surface area contributed by atoms with E-state index in [0.29, 0.717) is 0 Å². The van der Waals surface area contributed by atoms with Gasteiger partial charge >= 0.3 is 0 Å². The first-order valence-corrected chi connectivity index (χ1v) is 5.00. The first kappa shape index (κ1) is 11.0. The molecule has 11 heavy (non-hydrogen) atoms. The zero-order chi connectivity index (χ0) is 8.69. The van der Waals surface area contributed by atoms with E-state index < -0.39 is 0 Å². The lowest BCUT2D eigenvalue weighted by atomic mass is 9.92. The third-order valence-electron chi connectivity index (χ3n) is 2.41. The van der Waals surface area contributed by atoms with Gasteiger partial charge in [0.15, 0.2) is 0 Å². The second-order valence-electron chi connectivity index (χ2n) is 3.81. The van der Waals surface area contributed by atoms with Crippen LogP contribution in [0.25, 0.3) is 0 Å². The summed E-state index contributed by atoms with van der Waals surface area (Å²) >= 11 is 0. The van der Waals surface area contributed by atoms with Crippen molar-refractivity contribution in [3.8, 4) is 0 Å². The van der Waals surface area contributed by atoms with Crippen LogP contribution in [-0.4, -0.2) is 0 Å². The Hall–Kier alpha value is 0. The van der Waals surface area contributed by atoms with Crippen molar-refractivity contribution in [1.82, 2.24) is 0 Å². The summed E-state index contributed by atoms with van der Waals surface area (Å²) in [6, 6.07) is 0. The molecule has 0 heteroatoms. The van der Waals surface area contributed by atoms with E-state index in [9.17, 15) is 0 Å². The first-order chi connectivity index (χ1) is 5.18. The molecule has 0 aliphatic rings. The van der Waals surface area contributed by atoms with Crippen molar-refractivity contribution in [3.05, 3.63) is 5.92 Å². The average Bonchev–Trinajstić information content (AvgIpc) is 1.97. The number of unbranched alkanes of at least 4 members (excludes halogenated alkanes) is 3. The van der Waals surface area contributed by atoms with Gasteiger partial charge in [-0.3, -0.25) is 0 Å². The molecule has 0 nitrogen and oxygen atoms in total. The topological polar surface area (TPSA) is 0 Å². The van der Waals surface area contributed by atoms with Crippen molar-refractivity contribution in [2.45, 2.75) is 59.8 Å². The van der Waals surface area contributed by atoms with Crippen LogP contribution in [0, 0.1) is 11.8 Å². The van der Waals surface area contributed by atoms with Crippen molar-refractivity contribution >= 4 is 0 Å². The Bertz CT molecular complexity index is 74.1. The molecule has 0 aliphatic heterocycles. The van der Waals surface area contributed by atoms with Gasteiger partial charge in [-0.15, -0.1) is 0 Å². The van der Waals surface area contributed by atoms with Crippen LogP contribution < -0.4 is 0 Å². The Balaban J connectivity index is 3.10. The summed E-state index contributed by atoms with van der Waals surface area (Å²) in [6.45, 7) is 9.12. The maximum absolute atomic E-state index is 2.29. The van der Waals surface area contributed by atoms with Gasteiger partial charge in [0.2, 0.25) is 0 Å². The third kappa shape index (κ3) is 6.40. The molecular weight excluding hydrogens is 132 g/mol. The summed E-state index contributed by atoms with van der Waals surface area (Å²) in [4.78, 5) is 0. The van der Waals surface area contributed by atoms with Gasteiger partial charge < -0.3 is 0 Å². The molecule has 0 saturated carbocycles. The largest absolute Gasteiger partial charge is 0.0654 e. The standard InChI is InChI=1S/C11H23/c1-5-6-7-8-9-11(4)10(2)3/h10H,5-9H2,1-4H3. The maximum Gasteiger partial charge on any atom is -0.0246 e. The summed E-state index contributed by atoms with van der Waals surface area (Å²) < 4.78 is 0. The summed E-state index contributed by atoms with van der Waals surface area (Å²) in [7, 11) is 0. The van der Waals surface area contributed by atoms with Crippen molar-refractivity contribution < 1.29 is 0 Å². The predicted molar refractivity (Wildman–Crippen MR) is 52.5 cm³/mol. The SMILES string of the molecule is CCCCCC[C](C)C(C)C. The van der Waals surface area contributed by atoms with E-state index in [4.69, 9.17) is 0 Å². The Labute approximate surface area is 72.4 Å².